The van der Waals surface area contributed by atoms with Crippen LogP contribution in [-0.2, 0) is 9.53 Å². The quantitative estimate of drug-likeness (QED) is 0.190. The number of esters is 1. The SMILES string of the molecule is CCCCC=C(C)C(=O)OC(c1ccccc1)[N+](=O)[O-]. The van der Waals surface area contributed by atoms with Gasteiger partial charge in [-0.25, -0.2) is 4.79 Å². The number of benzene rings is 1. The summed E-state index contributed by atoms with van der Waals surface area (Å²) in [5.74, 6) is -0.647. The third kappa shape index (κ3) is 4.84. The molecule has 0 amide bonds. The number of allylic oxidation sites excluding steroid dienone is 1. The first-order valence-electron chi connectivity index (χ1n) is 6.62. The highest BCUT2D eigenvalue weighted by Crippen LogP contribution is 2.19. The Bertz CT molecular complexity index is 482. The summed E-state index contributed by atoms with van der Waals surface area (Å²) in [7, 11) is 0. The first-order valence-corrected chi connectivity index (χ1v) is 6.62. The third-order valence-corrected chi connectivity index (χ3v) is 2.83. The summed E-state index contributed by atoms with van der Waals surface area (Å²) in [6.07, 6.45) is 3.07. The van der Waals surface area contributed by atoms with Crippen molar-refractivity contribution in [2.24, 2.45) is 0 Å². The van der Waals surface area contributed by atoms with E-state index in [0.29, 0.717) is 11.1 Å². The fourth-order valence-electron chi connectivity index (χ4n) is 1.65. The van der Waals surface area contributed by atoms with Gasteiger partial charge in [0.2, 0.25) is 0 Å². The van der Waals surface area contributed by atoms with E-state index in [1.165, 1.54) is 0 Å². The fourth-order valence-corrected chi connectivity index (χ4v) is 1.65. The predicted octanol–water partition coefficient (Wildman–Crippen LogP) is 3.64. The van der Waals surface area contributed by atoms with Crippen LogP contribution in [0.3, 0.4) is 0 Å². The zero-order chi connectivity index (χ0) is 15.0. The molecule has 0 bridgehead atoms. The first-order chi connectivity index (χ1) is 9.56. The van der Waals surface area contributed by atoms with Gasteiger partial charge < -0.3 is 4.74 Å². The van der Waals surface area contributed by atoms with E-state index in [-0.39, 0.29) is 0 Å². The molecule has 1 atom stereocenters. The number of nitrogens with zero attached hydrogens (tertiary/aromatic N) is 1. The maximum atomic E-state index is 11.8. The van der Waals surface area contributed by atoms with E-state index < -0.39 is 17.1 Å². The Morgan fingerprint density at radius 3 is 2.60 bits per heavy atom. The van der Waals surface area contributed by atoms with Gasteiger partial charge in [-0.3, -0.25) is 10.1 Å². The second-order valence-electron chi connectivity index (χ2n) is 4.48. The number of nitro groups is 1. The van der Waals surface area contributed by atoms with Crippen molar-refractivity contribution >= 4 is 5.97 Å². The minimum absolute atomic E-state index is 0.354. The second-order valence-corrected chi connectivity index (χ2v) is 4.48. The molecule has 0 aliphatic rings. The molecule has 1 aromatic carbocycles. The maximum Gasteiger partial charge on any atom is 0.383 e. The molecular weight excluding hydrogens is 258 g/mol. The molecule has 0 aliphatic carbocycles. The highest BCUT2D eigenvalue weighted by Gasteiger charge is 2.27. The molecule has 108 valence electrons. The Labute approximate surface area is 118 Å². The van der Waals surface area contributed by atoms with Crippen molar-refractivity contribution in [3.8, 4) is 0 Å². The summed E-state index contributed by atoms with van der Waals surface area (Å²) < 4.78 is 4.98. The van der Waals surface area contributed by atoms with Crippen molar-refractivity contribution in [3.63, 3.8) is 0 Å². The van der Waals surface area contributed by atoms with Crippen LogP contribution in [0.2, 0.25) is 0 Å². The Morgan fingerprint density at radius 2 is 2.05 bits per heavy atom. The van der Waals surface area contributed by atoms with Crippen LogP contribution in [0, 0.1) is 10.1 Å². The van der Waals surface area contributed by atoms with Crippen molar-refractivity contribution in [2.75, 3.05) is 0 Å². The van der Waals surface area contributed by atoms with Gasteiger partial charge in [0.05, 0.1) is 10.5 Å². The van der Waals surface area contributed by atoms with E-state index >= 15 is 0 Å². The number of carbonyl (C=O) groups is 1. The molecule has 20 heavy (non-hydrogen) atoms. The summed E-state index contributed by atoms with van der Waals surface area (Å²) in [5.41, 5.74) is 0.758. The van der Waals surface area contributed by atoms with Crippen LogP contribution in [0.5, 0.6) is 0 Å². The normalized spacial score (nSPS) is 12.8. The number of ether oxygens (including phenoxy) is 1. The van der Waals surface area contributed by atoms with Crippen LogP contribution < -0.4 is 0 Å². The minimum atomic E-state index is -1.46. The summed E-state index contributed by atoms with van der Waals surface area (Å²) >= 11 is 0. The van der Waals surface area contributed by atoms with E-state index in [9.17, 15) is 14.9 Å². The zero-order valence-electron chi connectivity index (χ0n) is 11.7. The summed E-state index contributed by atoms with van der Waals surface area (Å²) in [4.78, 5) is 22.3. The lowest BCUT2D eigenvalue weighted by molar-refractivity contribution is -0.575. The van der Waals surface area contributed by atoms with E-state index in [1.54, 1.807) is 43.3 Å². The van der Waals surface area contributed by atoms with E-state index in [0.717, 1.165) is 19.3 Å². The second kappa shape index (κ2) is 8.09. The summed E-state index contributed by atoms with van der Waals surface area (Å²) in [6, 6.07) is 8.22. The molecule has 1 unspecified atom stereocenters. The molecule has 1 aromatic rings. The third-order valence-electron chi connectivity index (χ3n) is 2.83. The highest BCUT2D eigenvalue weighted by molar-refractivity contribution is 5.87. The molecular formula is C15H19NO4. The fraction of sp³-hybridized carbons (Fsp3) is 0.400. The van der Waals surface area contributed by atoms with Gasteiger partial charge in [0.1, 0.15) is 0 Å². The summed E-state index contributed by atoms with van der Waals surface area (Å²) in [5, 5.41) is 11.0. The lowest BCUT2D eigenvalue weighted by Crippen LogP contribution is -2.19. The first kappa shape index (κ1) is 15.9. The number of rotatable bonds is 7. The van der Waals surface area contributed by atoms with Crippen molar-refractivity contribution in [1.82, 2.24) is 0 Å². The van der Waals surface area contributed by atoms with Crippen LogP contribution in [0.25, 0.3) is 0 Å². The Kier molecular flexibility index (Phi) is 6.43. The monoisotopic (exact) mass is 277 g/mol. The van der Waals surface area contributed by atoms with Gasteiger partial charge in [-0.2, -0.15) is 0 Å². The van der Waals surface area contributed by atoms with Crippen molar-refractivity contribution in [1.29, 1.82) is 0 Å². The number of unbranched alkanes of at least 4 members (excludes halogenated alkanes) is 2. The smallest absolute Gasteiger partial charge is 0.383 e. The molecule has 0 N–H and O–H groups in total. The molecule has 0 saturated heterocycles. The van der Waals surface area contributed by atoms with E-state index in [4.69, 9.17) is 4.74 Å². The summed E-state index contributed by atoms with van der Waals surface area (Å²) in [6.45, 7) is 3.67. The lowest BCUT2D eigenvalue weighted by atomic mass is 10.2. The molecule has 0 heterocycles. The van der Waals surface area contributed by atoms with E-state index in [2.05, 4.69) is 6.92 Å². The largest absolute Gasteiger partial charge is 0.391 e. The number of hydrogen-bond acceptors (Lipinski definition) is 4. The predicted molar refractivity (Wildman–Crippen MR) is 75.6 cm³/mol. The topological polar surface area (TPSA) is 69.4 Å². The van der Waals surface area contributed by atoms with Crippen LogP contribution in [-0.4, -0.2) is 10.9 Å². The standard InChI is InChI=1S/C15H19NO4/c1-3-4-6-9-12(2)15(17)20-14(16(18)19)13-10-7-5-8-11-13/h5,7-11,14H,3-4,6H2,1-2H3. The minimum Gasteiger partial charge on any atom is -0.391 e. The highest BCUT2D eigenvalue weighted by atomic mass is 16.7. The Morgan fingerprint density at radius 1 is 1.40 bits per heavy atom. The Balaban J connectivity index is 2.74. The molecule has 0 aromatic heterocycles. The van der Waals surface area contributed by atoms with Gasteiger partial charge >= 0.3 is 12.2 Å². The van der Waals surface area contributed by atoms with Gasteiger partial charge in [-0.1, -0.05) is 44.0 Å². The van der Waals surface area contributed by atoms with Gasteiger partial charge in [-0.05, 0) is 25.5 Å². The molecule has 0 radical (unpaired) electrons. The van der Waals surface area contributed by atoms with Gasteiger partial charge in [0.25, 0.3) is 0 Å². The average Bonchev–Trinajstić information content (AvgIpc) is 2.45. The van der Waals surface area contributed by atoms with Crippen molar-refractivity contribution < 1.29 is 14.5 Å². The van der Waals surface area contributed by atoms with Crippen LogP contribution in [0.1, 0.15) is 44.9 Å². The lowest BCUT2D eigenvalue weighted by Gasteiger charge is -2.11. The van der Waals surface area contributed by atoms with Crippen molar-refractivity contribution in [2.45, 2.75) is 39.3 Å². The van der Waals surface area contributed by atoms with Crippen LogP contribution in [0.15, 0.2) is 42.0 Å². The molecule has 0 spiro atoms. The van der Waals surface area contributed by atoms with Crippen molar-refractivity contribution in [3.05, 3.63) is 57.7 Å². The average molecular weight is 277 g/mol. The molecule has 5 nitrogen and oxygen atoms in total. The molecule has 5 heteroatoms. The van der Waals surface area contributed by atoms with Crippen LogP contribution in [0.4, 0.5) is 0 Å². The molecule has 0 saturated carbocycles. The van der Waals surface area contributed by atoms with Gasteiger partial charge in [-0.15, -0.1) is 0 Å². The number of hydrogen-bond donors (Lipinski definition) is 0. The molecule has 0 fully saturated rings. The Hall–Kier alpha value is -2.17. The maximum absolute atomic E-state index is 11.8. The van der Waals surface area contributed by atoms with E-state index in [1.807, 2.05) is 0 Å². The van der Waals surface area contributed by atoms with Gasteiger partial charge in [0.15, 0.2) is 0 Å². The van der Waals surface area contributed by atoms with Gasteiger partial charge in [0, 0.05) is 5.57 Å². The molecule has 1 rings (SSSR count). The molecule has 0 aliphatic heterocycles. The number of carbonyl (C=O) groups excluding carboxylic acids is 1. The zero-order valence-corrected chi connectivity index (χ0v) is 11.7. The van der Waals surface area contributed by atoms with Crippen LogP contribution >= 0.6 is 0 Å².